The van der Waals surface area contributed by atoms with Crippen LogP contribution in [0.2, 0.25) is 0 Å². The Hall–Kier alpha value is -1.06. The van der Waals surface area contributed by atoms with Crippen LogP contribution in [0.25, 0.3) is 0 Å². The third-order valence-electron chi connectivity index (χ3n) is 3.34. The number of benzene rings is 1. The summed E-state index contributed by atoms with van der Waals surface area (Å²) in [5, 5.41) is 6.89. The summed E-state index contributed by atoms with van der Waals surface area (Å²) in [7, 11) is 0. The van der Waals surface area contributed by atoms with E-state index in [1.54, 1.807) is 0 Å². The average molecular weight is 268 g/mol. The minimum Gasteiger partial charge on any atom is -0.370 e. The van der Waals surface area contributed by atoms with Gasteiger partial charge in [-0.05, 0) is 37.1 Å². The van der Waals surface area contributed by atoms with Gasteiger partial charge in [-0.25, -0.2) is 0 Å². The molecule has 1 aliphatic heterocycles. The molecular weight excluding hydrogens is 246 g/mol. The zero-order chi connectivity index (χ0) is 12.3. The molecule has 3 nitrogen and oxygen atoms in total. The normalized spacial score (nSPS) is 15.6. The topological polar surface area (TPSA) is 36.4 Å². The summed E-state index contributed by atoms with van der Waals surface area (Å²) in [4.78, 5) is 4.54. The predicted octanol–water partition coefficient (Wildman–Crippen LogP) is 2.38. The van der Waals surface area contributed by atoms with Crippen LogP contribution in [0.3, 0.4) is 0 Å². The van der Waals surface area contributed by atoms with Gasteiger partial charge in [-0.2, -0.15) is 0 Å². The molecule has 0 aliphatic carbocycles. The van der Waals surface area contributed by atoms with Gasteiger partial charge in [0.15, 0.2) is 0 Å². The number of halogens is 1. The molecule has 1 aromatic carbocycles. The fraction of sp³-hybridized carbons (Fsp3) is 0.500. The van der Waals surface area contributed by atoms with Crippen molar-refractivity contribution in [3.8, 4) is 0 Å². The van der Waals surface area contributed by atoms with E-state index in [4.69, 9.17) is 0 Å². The van der Waals surface area contributed by atoms with Gasteiger partial charge in [-0.3, -0.25) is 4.99 Å². The van der Waals surface area contributed by atoms with Crippen LogP contribution in [0.1, 0.15) is 29.7 Å². The Labute approximate surface area is 115 Å². The van der Waals surface area contributed by atoms with Gasteiger partial charge in [-0.1, -0.05) is 25.1 Å². The van der Waals surface area contributed by atoms with E-state index in [0.29, 0.717) is 0 Å². The van der Waals surface area contributed by atoms with Crippen molar-refractivity contribution in [2.45, 2.75) is 26.8 Å². The lowest BCUT2D eigenvalue weighted by molar-refractivity contribution is 0.660. The van der Waals surface area contributed by atoms with E-state index in [0.717, 1.165) is 25.5 Å². The van der Waals surface area contributed by atoms with Crippen LogP contribution in [-0.2, 0) is 0 Å². The van der Waals surface area contributed by atoms with Crippen molar-refractivity contribution in [2.24, 2.45) is 4.99 Å². The number of likely N-dealkylation sites (N-methyl/N-ethyl adjacent to an activating group) is 1. The first-order valence-corrected chi connectivity index (χ1v) is 6.31. The van der Waals surface area contributed by atoms with Crippen molar-refractivity contribution in [3.63, 3.8) is 0 Å². The van der Waals surface area contributed by atoms with Crippen molar-refractivity contribution in [3.05, 3.63) is 34.9 Å². The molecule has 2 N–H and O–H groups in total. The Kier molecular flexibility index (Phi) is 5.63. The fourth-order valence-electron chi connectivity index (χ4n) is 2.25. The highest BCUT2D eigenvalue weighted by Gasteiger charge is 2.21. The molecule has 1 aliphatic rings. The zero-order valence-electron chi connectivity index (χ0n) is 11.3. The molecule has 0 spiro atoms. The number of hydrogen-bond donors (Lipinski definition) is 2. The number of hydrogen-bond acceptors (Lipinski definition) is 3. The maximum Gasteiger partial charge on any atom is 0.118 e. The molecule has 0 amide bonds. The van der Waals surface area contributed by atoms with Crippen molar-refractivity contribution in [2.75, 3.05) is 19.6 Å². The Morgan fingerprint density at radius 2 is 2.17 bits per heavy atom. The van der Waals surface area contributed by atoms with Gasteiger partial charge in [0.1, 0.15) is 5.84 Å². The third-order valence-corrected chi connectivity index (χ3v) is 3.34. The molecule has 1 atom stereocenters. The molecule has 2 rings (SSSR count). The lowest BCUT2D eigenvalue weighted by Gasteiger charge is -2.21. The van der Waals surface area contributed by atoms with Crippen molar-refractivity contribution in [1.29, 1.82) is 0 Å². The largest absolute Gasteiger partial charge is 0.370 e. The van der Waals surface area contributed by atoms with Crippen LogP contribution >= 0.6 is 12.4 Å². The van der Waals surface area contributed by atoms with Gasteiger partial charge < -0.3 is 10.6 Å². The number of rotatable bonds is 4. The molecule has 4 heteroatoms. The first kappa shape index (κ1) is 15.0. The van der Waals surface area contributed by atoms with Gasteiger partial charge in [0, 0.05) is 6.54 Å². The second-order valence-corrected chi connectivity index (χ2v) is 4.47. The maximum absolute atomic E-state index is 4.54. The first-order chi connectivity index (χ1) is 8.24. The monoisotopic (exact) mass is 267 g/mol. The highest BCUT2D eigenvalue weighted by Crippen LogP contribution is 2.22. The Morgan fingerprint density at radius 1 is 1.39 bits per heavy atom. The summed E-state index contributed by atoms with van der Waals surface area (Å²) >= 11 is 0. The molecule has 1 aromatic rings. The molecule has 18 heavy (non-hydrogen) atoms. The SMILES string of the molecule is CCNC(C1=NCCN1)c1cccc(C)c1C.Cl. The lowest BCUT2D eigenvalue weighted by atomic mass is 9.96. The van der Waals surface area contributed by atoms with Crippen LogP contribution in [0.5, 0.6) is 0 Å². The highest BCUT2D eigenvalue weighted by molar-refractivity contribution is 5.90. The number of amidine groups is 1. The number of aryl methyl sites for hydroxylation is 1. The minimum atomic E-state index is 0. The molecule has 0 saturated heterocycles. The number of nitrogens with zero attached hydrogens (tertiary/aromatic N) is 1. The third kappa shape index (κ3) is 3.03. The average Bonchev–Trinajstić information content (AvgIpc) is 2.84. The van der Waals surface area contributed by atoms with Gasteiger partial charge in [0.25, 0.3) is 0 Å². The van der Waals surface area contributed by atoms with Crippen molar-refractivity contribution >= 4 is 18.2 Å². The summed E-state index contributed by atoms with van der Waals surface area (Å²) in [5.74, 6) is 1.08. The van der Waals surface area contributed by atoms with E-state index in [2.05, 4.69) is 54.6 Å². The smallest absolute Gasteiger partial charge is 0.118 e. The second-order valence-electron chi connectivity index (χ2n) is 4.47. The van der Waals surface area contributed by atoms with Crippen LogP contribution in [0.4, 0.5) is 0 Å². The van der Waals surface area contributed by atoms with Crippen LogP contribution in [0.15, 0.2) is 23.2 Å². The quantitative estimate of drug-likeness (QED) is 0.879. The van der Waals surface area contributed by atoms with Gasteiger partial charge in [0.05, 0.1) is 12.6 Å². The first-order valence-electron chi connectivity index (χ1n) is 6.31. The molecule has 1 unspecified atom stereocenters. The Bertz CT molecular complexity index is 429. The second kappa shape index (κ2) is 6.76. The van der Waals surface area contributed by atoms with E-state index in [1.165, 1.54) is 16.7 Å². The van der Waals surface area contributed by atoms with Gasteiger partial charge >= 0.3 is 0 Å². The summed E-state index contributed by atoms with van der Waals surface area (Å²) < 4.78 is 0. The Balaban J connectivity index is 0.00000162. The van der Waals surface area contributed by atoms with Crippen LogP contribution in [-0.4, -0.2) is 25.5 Å². The highest BCUT2D eigenvalue weighted by atomic mass is 35.5. The Morgan fingerprint density at radius 3 is 2.78 bits per heavy atom. The predicted molar refractivity (Wildman–Crippen MR) is 79.9 cm³/mol. The lowest BCUT2D eigenvalue weighted by Crippen LogP contribution is -2.35. The van der Waals surface area contributed by atoms with Crippen molar-refractivity contribution < 1.29 is 0 Å². The van der Waals surface area contributed by atoms with E-state index in [-0.39, 0.29) is 18.4 Å². The molecule has 0 fully saturated rings. The number of aliphatic imine (C=N–C) groups is 1. The molecule has 0 aromatic heterocycles. The summed E-state index contributed by atoms with van der Waals surface area (Å²) in [5.41, 5.74) is 4.03. The zero-order valence-corrected chi connectivity index (χ0v) is 12.1. The van der Waals surface area contributed by atoms with Crippen LogP contribution < -0.4 is 10.6 Å². The molecular formula is C14H22ClN3. The fourth-order valence-corrected chi connectivity index (χ4v) is 2.25. The summed E-state index contributed by atoms with van der Waals surface area (Å²) in [6.45, 7) is 9.27. The molecule has 0 radical (unpaired) electrons. The van der Waals surface area contributed by atoms with Gasteiger partial charge in [0.2, 0.25) is 0 Å². The van der Waals surface area contributed by atoms with Crippen molar-refractivity contribution in [1.82, 2.24) is 10.6 Å². The number of nitrogens with one attached hydrogen (secondary N) is 2. The van der Waals surface area contributed by atoms with E-state index >= 15 is 0 Å². The summed E-state index contributed by atoms with van der Waals surface area (Å²) in [6.07, 6.45) is 0. The summed E-state index contributed by atoms with van der Waals surface area (Å²) in [6, 6.07) is 6.68. The van der Waals surface area contributed by atoms with E-state index in [1.807, 2.05) is 0 Å². The minimum absolute atomic E-state index is 0. The van der Waals surface area contributed by atoms with Crippen LogP contribution in [0, 0.1) is 13.8 Å². The molecule has 0 bridgehead atoms. The standard InChI is InChI=1S/C14H21N3.ClH/c1-4-15-13(14-16-8-9-17-14)12-7-5-6-10(2)11(12)3;/h5-7,13,15H,4,8-9H2,1-3H3,(H,16,17);1H. The van der Waals surface area contributed by atoms with Gasteiger partial charge in [-0.15, -0.1) is 12.4 Å². The molecule has 0 saturated carbocycles. The molecule has 100 valence electrons. The maximum atomic E-state index is 4.54. The van der Waals surface area contributed by atoms with E-state index in [9.17, 15) is 0 Å². The molecule has 1 heterocycles. The van der Waals surface area contributed by atoms with E-state index < -0.39 is 0 Å².